The van der Waals surface area contributed by atoms with E-state index in [1.54, 1.807) is 6.07 Å². The molecule has 1 N–H and O–H groups in total. The van der Waals surface area contributed by atoms with Crippen molar-refractivity contribution in [3.05, 3.63) is 69.9 Å². The normalized spacial score (nSPS) is 18.2. The van der Waals surface area contributed by atoms with Gasteiger partial charge in [-0.25, -0.2) is 4.21 Å². The number of aliphatic hydroxyl groups excluding tert-OH is 1. The quantitative estimate of drug-likeness (QED) is 0.401. The second-order valence-corrected chi connectivity index (χ2v) is 11.2. The Labute approximate surface area is 198 Å². The molecular formula is C25H26ClNO5S. The van der Waals surface area contributed by atoms with Crippen LogP contribution < -0.4 is 4.74 Å². The van der Waals surface area contributed by atoms with Crippen LogP contribution in [0.4, 0.5) is 5.69 Å². The van der Waals surface area contributed by atoms with Crippen LogP contribution in [0.15, 0.2) is 58.2 Å². The molecule has 0 atom stereocenters. The number of allylic oxidation sites excluding steroid dienone is 2. The zero-order valence-electron chi connectivity index (χ0n) is 18.2. The van der Waals surface area contributed by atoms with Crippen molar-refractivity contribution in [3.63, 3.8) is 0 Å². The van der Waals surface area contributed by atoms with Gasteiger partial charge in [-0.1, -0.05) is 48.4 Å². The van der Waals surface area contributed by atoms with Crippen LogP contribution in [-0.4, -0.2) is 32.4 Å². The molecule has 8 heteroatoms. The van der Waals surface area contributed by atoms with Gasteiger partial charge in [0.05, 0.1) is 14.8 Å². The van der Waals surface area contributed by atoms with Gasteiger partial charge in [-0.05, 0) is 37.0 Å². The van der Waals surface area contributed by atoms with Crippen molar-refractivity contribution in [2.75, 3.05) is 11.5 Å². The maximum absolute atomic E-state index is 13.4. The molecule has 0 unspecified atom stereocenters. The number of hydrogen-bond acceptors (Lipinski definition) is 6. The number of halogens is 1. The molecule has 1 aliphatic heterocycles. The van der Waals surface area contributed by atoms with Crippen LogP contribution in [0.5, 0.6) is 5.75 Å². The molecule has 0 spiro atoms. The smallest absolute Gasteiger partial charge is 0.201 e. The molecule has 1 fully saturated rings. The maximum Gasteiger partial charge on any atom is 0.201 e. The number of hydrogen-bond donors (Lipinski definition) is 1. The zero-order chi connectivity index (χ0) is 23.4. The molecule has 1 aliphatic carbocycles. The summed E-state index contributed by atoms with van der Waals surface area (Å²) in [4.78, 5) is 25.5. The van der Waals surface area contributed by atoms with Crippen LogP contribution in [0.25, 0.3) is 0 Å². The number of carbonyl (C=O) groups is 2. The van der Waals surface area contributed by atoms with E-state index in [4.69, 9.17) is 16.3 Å². The van der Waals surface area contributed by atoms with Gasteiger partial charge >= 0.3 is 0 Å². The number of Topliss-reactive ketones (excluding diaryl/α,β-unsaturated/α-hetero) is 2. The molecule has 174 valence electrons. The summed E-state index contributed by atoms with van der Waals surface area (Å²) in [5.41, 5.74) is 0.908. The third kappa shape index (κ3) is 5.31. The van der Waals surface area contributed by atoms with E-state index in [-0.39, 0.29) is 47.1 Å². The molecule has 0 saturated carbocycles. The minimum Gasteiger partial charge on any atom is -0.511 e. The van der Waals surface area contributed by atoms with E-state index in [9.17, 15) is 18.9 Å². The first-order chi connectivity index (χ1) is 15.9. The zero-order valence-corrected chi connectivity index (χ0v) is 19.8. The molecule has 2 aromatic rings. The molecule has 4 rings (SSSR count). The Kier molecular flexibility index (Phi) is 7.20. The van der Waals surface area contributed by atoms with Gasteiger partial charge in [-0.3, -0.25) is 9.59 Å². The number of benzene rings is 2. The molecule has 1 saturated heterocycles. The molecule has 0 radical (unpaired) electrons. The van der Waals surface area contributed by atoms with Crippen molar-refractivity contribution >= 4 is 38.6 Å². The fourth-order valence-corrected chi connectivity index (χ4v) is 6.62. The number of ketones is 2. The standard InChI is InChI=1S/C25H26ClNO5S/c26-23-18(25(30)22-19(28)10-7-11-20(22)29)12-13-21(32-16-17-8-3-1-4-9-17)24(23)27-33(31)14-5-2-6-15-33/h1,3-4,8-9,12-13,28H,2,5-7,10-11,14-16H2. The van der Waals surface area contributed by atoms with Crippen molar-refractivity contribution in [1.29, 1.82) is 0 Å². The molecule has 6 nitrogen and oxygen atoms in total. The second-order valence-electron chi connectivity index (χ2n) is 8.31. The van der Waals surface area contributed by atoms with E-state index >= 15 is 0 Å². The summed E-state index contributed by atoms with van der Waals surface area (Å²) in [5.74, 6) is -0.0169. The van der Waals surface area contributed by atoms with Crippen molar-refractivity contribution in [1.82, 2.24) is 0 Å². The molecule has 0 aromatic heterocycles. The van der Waals surface area contributed by atoms with Gasteiger partial charge in [0.25, 0.3) is 0 Å². The largest absolute Gasteiger partial charge is 0.511 e. The highest BCUT2D eigenvalue weighted by Gasteiger charge is 2.30. The minimum absolute atomic E-state index is 0.0162. The topological polar surface area (TPSA) is 93.0 Å². The highest BCUT2D eigenvalue weighted by Crippen LogP contribution is 2.41. The van der Waals surface area contributed by atoms with Crippen LogP contribution >= 0.6 is 11.6 Å². The summed E-state index contributed by atoms with van der Waals surface area (Å²) < 4.78 is 23.9. The number of carbonyl (C=O) groups excluding carboxylic acids is 2. The Morgan fingerprint density at radius 1 is 1.03 bits per heavy atom. The van der Waals surface area contributed by atoms with Gasteiger partial charge < -0.3 is 9.84 Å². The van der Waals surface area contributed by atoms with Gasteiger partial charge in [0, 0.05) is 29.9 Å². The Bertz CT molecular complexity index is 1220. The molecule has 1 heterocycles. The summed E-state index contributed by atoms with van der Waals surface area (Å²) >= 11 is 6.65. The van der Waals surface area contributed by atoms with Crippen molar-refractivity contribution in [2.45, 2.75) is 45.1 Å². The van der Waals surface area contributed by atoms with E-state index in [2.05, 4.69) is 4.36 Å². The first-order valence-corrected chi connectivity index (χ1v) is 13.3. The average Bonchev–Trinajstić information content (AvgIpc) is 2.80. The SMILES string of the molecule is O=C1CCCC(O)=C1C(=O)c1ccc(OCc2ccccc2)c(N=S2(=O)CCCCC2)c1Cl. The average molecular weight is 488 g/mol. The lowest BCUT2D eigenvalue weighted by atomic mass is 9.90. The van der Waals surface area contributed by atoms with E-state index in [1.165, 1.54) is 6.07 Å². The maximum atomic E-state index is 13.4. The van der Waals surface area contributed by atoms with Crippen LogP contribution in [-0.2, 0) is 21.1 Å². The van der Waals surface area contributed by atoms with Crippen LogP contribution in [0.3, 0.4) is 0 Å². The first kappa shape index (κ1) is 23.5. The summed E-state index contributed by atoms with van der Waals surface area (Å²) in [6.07, 6.45) is 3.61. The third-order valence-electron chi connectivity index (χ3n) is 5.86. The van der Waals surface area contributed by atoms with E-state index in [1.807, 2.05) is 30.3 Å². The summed E-state index contributed by atoms with van der Waals surface area (Å²) in [6, 6.07) is 12.6. The number of nitrogens with zero attached hydrogens (tertiary/aromatic N) is 1. The Hall–Kier alpha value is -2.64. The summed E-state index contributed by atoms with van der Waals surface area (Å²) in [7, 11) is -2.54. The van der Waals surface area contributed by atoms with E-state index < -0.39 is 21.3 Å². The molecule has 2 aliphatic rings. The van der Waals surface area contributed by atoms with Crippen LogP contribution in [0.2, 0.25) is 5.02 Å². The van der Waals surface area contributed by atoms with Gasteiger partial charge in [0.2, 0.25) is 5.78 Å². The number of aliphatic hydroxyl groups is 1. The lowest BCUT2D eigenvalue weighted by Gasteiger charge is -2.19. The predicted molar refractivity (Wildman–Crippen MR) is 129 cm³/mol. The van der Waals surface area contributed by atoms with Crippen molar-refractivity contribution in [2.24, 2.45) is 4.36 Å². The van der Waals surface area contributed by atoms with Crippen molar-refractivity contribution in [3.8, 4) is 5.75 Å². The Balaban J connectivity index is 1.77. The lowest BCUT2D eigenvalue weighted by Crippen LogP contribution is -2.20. The summed E-state index contributed by atoms with van der Waals surface area (Å²) in [5, 5.41) is 10.2. The Morgan fingerprint density at radius 3 is 2.45 bits per heavy atom. The first-order valence-electron chi connectivity index (χ1n) is 11.1. The van der Waals surface area contributed by atoms with Gasteiger partial charge in [0.15, 0.2) is 5.78 Å². The summed E-state index contributed by atoms with van der Waals surface area (Å²) in [6.45, 7) is 0.249. The van der Waals surface area contributed by atoms with Crippen LogP contribution in [0, 0.1) is 0 Å². The van der Waals surface area contributed by atoms with Crippen molar-refractivity contribution < 1.29 is 23.6 Å². The third-order valence-corrected chi connectivity index (χ3v) is 8.61. The predicted octanol–water partition coefficient (Wildman–Crippen LogP) is 5.95. The molecular weight excluding hydrogens is 462 g/mol. The van der Waals surface area contributed by atoms with Crippen LogP contribution in [0.1, 0.15) is 54.4 Å². The second kappa shape index (κ2) is 10.1. The molecule has 0 bridgehead atoms. The van der Waals surface area contributed by atoms with Gasteiger partial charge in [-0.2, -0.15) is 4.36 Å². The Morgan fingerprint density at radius 2 is 1.76 bits per heavy atom. The highest BCUT2D eigenvalue weighted by molar-refractivity contribution is 7.93. The monoisotopic (exact) mass is 487 g/mol. The molecule has 0 amide bonds. The lowest BCUT2D eigenvalue weighted by molar-refractivity contribution is -0.116. The minimum atomic E-state index is -2.54. The highest BCUT2D eigenvalue weighted by atomic mass is 35.5. The number of rotatable bonds is 6. The van der Waals surface area contributed by atoms with Gasteiger partial charge in [-0.15, -0.1) is 0 Å². The number of ether oxygens (including phenoxy) is 1. The fourth-order valence-electron chi connectivity index (χ4n) is 4.07. The van der Waals surface area contributed by atoms with Gasteiger partial charge in [0.1, 0.15) is 29.4 Å². The van der Waals surface area contributed by atoms with E-state index in [0.29, 0.717) is 23.7 Å². The molecule has 2 aromatic carbocycles. The molecule has 33 heavy (non-hydrogen) atoms. The van der Waals surface area contributed by atoms with E-state index in [0.717, 1.165) is 24.8 Å². The fraction of sp³-hybridized carbons (Fsp3) is 0.360.